The van der Waals surface area contributed by atoms with Crippen molar-refractivity contribution in [1.29, 1.82) is 0 Å². The first kappa shape index (κ1) is 14.1. The first-order chi connectivity index (χ1) is 9.24. The largest absolute Gasteiger partial charge is 0.352 e. The Bertz CT molecular complexity index is 436. The molecule has 0 aromatic heterocycles. The second-order valence-electron chi connectivity index (χ2n) is 5.30. The molecule has 1 saturated heterocycles. The van der Waals surface area contributed by atoms with Gasteiger partial charge in [-0.1, -0.05) is 19.1 Å². The fourth-order valence-electron chi connectivity index (χ4n) is 2.81. The number of carbonyl (C=O) groups excluding carboxylic acids is 1. The second-order valence-corrected chi connectivity index (χ2v) is 5.30. The fraction of sp³-hybridized carbons (Fsp3) is 0.562. The Morgan fingerprint density at radius 3 is 2.79 bits per heavy atom. The van der Waals surface area contributed by atoms with Crippen molar-refractivity contribution in [3.63, 3.8) is 0 Å². The number of hydrogen-bond donors (Lipinski definition) is 2. The smallest absolute Gasteiger partial charge is 0.251 e. The first-order valence-electron chi connectivity index (χ1n) is 7.32. The number of rotatable bonds is 4. The zero-order valence-corrected chi connectivity index (χ0v) is 12.0. The van der Waals surface area contributed by atoms with E-state index in [1.807, 2.05) is 12.1 Å². The molecule has 1 amide bonds. The summed E-state index contributed by atoms with van der Waals surface area (Å²) < 4.78 is 0. The molecule has 0 spiro atoms. The number of carbonyl (C=O) groups is 1. The molecule has 1 fully saturated rings. The molecular formula is C16H24N2O. The van der Waals surface area contributed by atoms with Gasteiger partial charge in [-0.15, -0.1) is 0 Å². The summed E-state index contributed by atoms with van der Waals surface area (Å²) in [5.41, 5.74) is 3.35. The molecule has 104 valence electrons. The third-order valence-electron chi connectivity index (χ3n) is 3.93. The van der Waals surface area contributed by atoms with Crippen LogP contribution in [0.5, 0.6) is 0 Å². The van der Waals surface area contributed by atoms with Gasteiger partial charge in [-0.25, -0.2) is 0 Å². The minimum absolute atomic E-state index is 0.0649. The highest BCUT2D eigenvalue weighted by Gasteiger charge is 2.19. The first-order valence-corrected chi connectivity index (χ1v) is 7.32. The van der Waals surface area contributed by atoms with Gasteiger partial charge in [0.15, 0.2) is 0 Å². The summed E-state index contributed by atoms with van der Waals surface area (Å²) in [6, 6.07) is 6.14. The van der Waals surface area contributed by atoms with Gasteiger partial charge in [0.25, 0.3) is 5.91 Å². The molecule has 2 rings (SSSR count). The van der Waals surface area contributed by atoms with Gasteiger partial charge >= 0.3 is 0 Å². The van der Waals surface area contributed by atoms with Crippen LogP contribution in [0.2, 0.25) is 0 Å². The maximum Gasteiger partial charge on any atom is 0.251 e. The highest BCUT2D eigenvalue weighted by Crippen LogP contribution is 2.29. The zero-order chi connectivity index (χ0) is 13.7. The van der Waals surface area contributed by atoms with Gasteiger partial charge in [-0.05, 0) is 62.4 Å². The zero-order valence-electron chi connectivity index (χ0n) is 12.0. The lowest BCUT2D eigenvalue weighted by Crippen LogP contribution is -2.28. The van der Waals surface area contributed by atoms with Gasteiger partial charge in [0.2, 0.25) is 0 Å². The van der Waals surface area contributed by atoms with E-state index in [-0.39, 0.29) is 5.91 Å². The minimum Gasteiger partial charge on any atom is -0.352 e. The van der Waals surface area contributed by atoms with Crippen LogP contribution in [0.15, 0.2) is 18.2 Å². The summed E-state index contributed by atoms with van der Waals surface area (Å²) >= 11 is 0. The van der Waals surface area contributed by atoms with E-state index >= 15 is 0 Å². The van der Waals surface area contributed by atoms with Crippen molar-refractivity contribution in [3.8, 4) is 0 Å². The maximum atomic E-state index is 12.1. The SMILES string of the molecule is CCCNC(=O)c1cccc(C2CCNCC2)c1C. The molecule has 1 aromatic carbocycles. The summed E-state index contributed by atoms with van der Waals surface area (Å²) in [7, 11) is 0. The second kappa shape index (κ2) is 6.71. The summed E-state index contributed by atoms with van der Waals surface area (Å²) in [6.07, 6.45) is 3.31. The lowest BCUT2D eigenvalue weighted by molar-refractivity contribution is 0.0953. The van der Waals surface area contributed by atoms with Crippen LogP contribution in [0.25, 0.3) is 0 Å². The van der Waals surface area contributed by atoms with Crippen LogP contribution in [0.3, 0.4) is 0 Å². The molecule has 3 heteroatoms. The van der Waals surface area contributed by atoms with E-state index < -0.39 is 0 Å². The molecule has 0 radical (unpaired) electrons. The lowest BCUT2D eigenvalue weighted by atomic mass is 9.86. The molecule has 0 bridgehead atoms. The Kier molecular flexibility index (Phi) is 4.97. The van der Waals surface area contributed by atoms with Crippen molar-refractivity contribution in [2.24, 2.45) is 0 Å². The van der Waals surface area contributed by atoms with Gasteiger partial charge in [-0.3, -0.25) is 4.79 Å². The highest BCUT2D eigenvalue weighted by atomic mass is 16.1. The van der Waals surface area contributed by atoms with Crippen LogP contribution < -0.4 is 10.6 Å². The molecule has 1 aliphatic heterocycles. The molecule has 0 aliphatic carbocycles. The fourth-order valence-corrected chi connectivity index (χ4v) is 2.81. The lowest BCUT2D eigenvalue weighted by Gasteiger charge is -2.25. The Balaban J connectivity index is 2.19. The van der Waals surface area contributed by atoms with E-state index in [1.54, 1.807) is 0 Å². The highest BCUT2D eigenvalue weighted by molar-refractivity contribution is 5.95. The van der Waals surface area contributed by atoms with Crippen LogP contribution in [-0.2, 0) is 0 Å². The van der Waals surface area contributed by atoms with Crippen LogP contribution in [0.1, 0.15) is 53.6 Å². The summed E-state index contributed by atoms with van der Waals surface area (Å²) in [4.78, 5) is 12.1. The Hall–Kier alpha value is -1.35. The van der Waals surface area contributed by atoms with Gasteiger partial charge in [0.05, 0.1) is 0 Å². The van der Waals surface area contributed by atoms with Crippen molar-refractivity contribution >= 4 is 5.91 Å². The molecule has 1 aliphatic rings. The Labute approximate surface area is 115 Å². The molecule has 1 heterocycles. The van der Waals surface area contributed by atoms with E-state index in [9.17, 15) is 4.79 Å². The maximum absolute atomic E-state index is 12.1. The normalized spacial score (nSPS) is 16.3. The summed E-state index contributed by atoms with van der Waals surface area (Å²) in [5, 5.41) is 6.36. The minimum atomic E-state index is 0.0649. The molecule has 2 N–H and O–H groups in total. The topological polar surface area (TPSA) is 41.1 Å². The van der Waals surface area contributed by atoms with Crippen LogP contribution in [0, 0.1) is 6.92 Å². The van der Waals surface area contributed by atoms with Crippen LogP contribution in [-0.4, -0.2) is 25.5 Å². The average molecular weight is 260 g/mol. The van der Waals surface area contributed by atoms with Crippen LogP contribution >= 0.6 is 0 Å². The molecule has 0 saturated carbocycles. The molecule has 19 heavy (non-hydrogen) atoms. The number of benzene rings is 1. The average Bonchev–Trinajstić information content (AvgIpc) is 2.46. The third kappa shape index (κ3) is 3.35. The summed E-state index contributed by atoms with van der Waals surface area (Å²) in [6.45, 7) is 7.05. The van der Waals surface area contributed by atoms with Gasteiger partial charge in [0, 0.05) is 12.1 Å². The van der Waals surface area contributed by atoms with Crippen molar-refractivity contribution in [1.82, 2.24) is 10.6 Å². The third-order valence-corrected chi connectivity index (χ3v) is 3.93. The molecule has 0 atom stereocenters. The molecular weight excluding hydrogens is 236 g/mol. The van der Waals surface area contributed by atoms with Gasteiger partial charge in [0.1, 0.15) is 0 Å². The van der Waals surface area contributed by atoms with Crippen LogP contribution in [0.4, 0.5) is 0 Å². The van der Waals surface area contributed by atoms with E-state index in [2.05, 4.69) is 30.5 Å². The Morgan fingerprint density at radius 1 is 1.37 bits per heavy atom. The number of amides is 1. The molecule has 0 unspecified atom stereocenters. The van der Waals surface area contributed by atoms with E-state index in [4.69, 9.17) is 0 Å². The van der Waals surface area contributed by atoms with E-state index in [0.29, 0.717) is 5.92 Å². The number of nitrogens with one attached hydrogen (secondary N) is 2. The molecule has 3 nitrogen and oxygen atoms in total. The predicted molar refractivity (Wildman–Crippen MR) is 78.6 cm³/mol. The summed E-state index contributed by atoms with van der Waals surface area (Å²) in [5.74, 6) is 0.662. The van der Waals surface area contributed by atoms with E-state index in [1.165, 1.54) is 18.4 Å². The monoisotopic (exact) mass is 260 g/mol. The standard InChI is InChI=1S/C16H24N2O/c1-3-9-18-16(19)15-6-4-5-14(12(15)2)13-7-10-17-11-8-13/h4-6,13,17H,3,7-11H2,1-2H3,(H,18,19). The van der Waals surface area contributed by atoms with E-state index in [0.717, 1.165) is 37.2 Å². The Morgan fingerprint density at radius 2 is 2.11 bits per heavy atom. The number of hydrogen-bond acceptors (Lipinski definition) is 2. The van der Waals surface area contributed by atoms with Crippen molar-refractivity contribution in [3.05, 3.63) is 34.9 Å². The van der Waals surface area contributed by atoms with Crippen molar-refractivity contribution in [2.75, 3.05) is 19.6 Å². The van der Waals surface area contributed by atoms with Gasteiger partial charge < -0.3 is 10.6 Å². The van der Waals surface area contributed by atoms with Gasteiger partial charge in [-0.2, -0.15) is 0 Å². The predicted octanol–water partition coefficient (Wildman–Crippen LogP) is 2.60. The number of piperidine rings is 1. The van der Waals surface area contributed by atoms with Crippen molar-refractivity contribution in [2.45, 2.75) is 39.0 Å². The quantitative estimate of drug-likeness (QED) is 0.873. The molecule has 1 aromatic rings. The van der Waals surface area contributed by atoms with Crippen molar-refractivity contribution < 1.29 is 4.79 Å².